The molecular formula is C11H15F. The van der Waals surface area contributed by atoms with Crippen LogP contribution < -0.4 is 0 Å². The third-order valence-corrected chi connectivity index (χ3v) is 2.05. The van der Waals surface area contributed by atoms with Gasteiger partial charge in [0.2, 0.25) is 0 Å². The molecule has 0 fully saturated rings. The van der Waals surface area contributed by atoms with Crippen LogP contribution in [-0.2, 0) is 6.42 Å². The average Bonchev–Trinajstić information content (AvgIpc) is 2.03. The van der Waals surface area contributed by atoms with E-state index < -0.39 is 0 Å². The van der Waals surface area contributed by atoms with Gasteiger partial charge in [-0.05, 0) is 35.6 Å². The maximum absolute atomic E-state index is 13.0. The Morgan fingerprint density at radius 2 is 1.92 bits per heavy atom. The molecule has 0 aliphatic carbocycles. The Bertz CT molecular complexity index is 264. The van der Waals surface area contributed by atoms with Crippen molar-refractivity contribution < 1.29 is 4.39 Å². The van der Waals surface area contributed by atoms with Gasteiger partial charge in [-0.15, -0.1) is 0 Å². The van der Waals surface area contributed by atoms with Crippen molar-refractivity contribution in [2.45, 2.75) is 33.1 Å². The van der Waals surface area contributed by atoms with Gasteiger partial charge in [-0.25, -0.2) is 4.39 Å². The molecule has 0 aromatic heterocycles. The molecule has 0 bridgehead atoms. The molecule has 1 rings (SSSR count). The summed E-state index contributed by atoms with van der Waals surface area (Å²) in [5.41, 5.74) is 2.17. The summed E-state index contributed by atoms with van der Waals surface area (Å²) in [6.45, 7) is 6.20. The summed E-state index contributed by atoms with van der Waals surface area (Å²) in [7, 11) is 0. The van der Waals surface area contributed by atoms with Crippen molar-refractivity contribution in [2.75, 3.05) is 0 Å². The molecule has 12 heavy (non-hydrogen) atoms. The topological polar surface area (TPSA) is 0 Å². The Morgan fingerprint density at radius 1 is 1.25 bits per heavy atom. The number of rotatable bonds is 2. The summed E-state index contributed by atoms with van der Waals surface area (Å²) in [6, 6.07) is 5.30. The van der Waals surface area contributed by atoms with Crippen LogP contribution in [-0.4, -0.2) is 0 Å². The van der Waals surface area contributed by atoms with E-state index in [1.54, 1.807) is 12.1 Å². The van der Waals surface area contributed by atoms with E-state index in [1.807, 2.05) is 6.92 Å². The summed E-state index contributed by atoms with van der Waals surface area (Å²) in [4.78, 5) is 0. The zero-order valence-electron chi connectivity index (χ0n) is 7.89. The van der Waals surface area contributed by atoms with Gasteiger partial charge in [-0.2, -0.15) is 0 Å². The number of aryl methyl sites for hydroxylation is 1. The van der Waals surface area contributed by atoms with Crippen molar-refractivity contribution in [3.8, 4) is 0 Å². The fourth-order valence-corrected chi connectivity index (χ4v) is 1.21. The molecule has 0 saturated heterocycles. The third-order valence-electron chi connectivity index (χ3n) is 2.05. The second kappa shape index (κ2) is 3.70. The number of halogens is 1. The Morgan fingerprint density at radius 3 is 2.42 bits per heavy atom. The van der Waals surface area contributed by atoms with Gasteiger partial charge < -0.3 is 0 Å². The van der Waals surface area contributed by atoms with Gasteiger partial charge >= 0.3 is 0 Å². The van der Waals surface area contributed by atoms with Crippen molar-refractivity contribution >= 4 is 0 Å². The summed E-state index contributed by atoms with van der Waals surface area (Å²) in [5.74, 6) is 0.295. The number of hydrogen-bond acceptors (Lipinski definition) is 0. The van der Waals surface area contributed by atoms with Crippen LogP contribution in [0.25, 0.3) is 0 Å². The van der Waals surface area contributed by atoms with Crippen LogP contribution in [0, 0.1) is 5.82 Å². The van der Waals surface area contributed by atoms with Crippen LogP contribution in [0.1, 0.15) is 37.8 Å². The monoisotopic (exact) mass is 166 g/mol. The van der Waals surface area contributed by atoms with Gasteiger partial charge in [-0.1, -0.05) is 26.8 Å². The van der Waals surface area contributed by atoms with Crippen LogP contribution >= 0.6 is 0 Å². The Labute approximate surface area is 73.4 Å². The lowest BCUT2D eigenvalue weighted by Crippen LogP contribution is -1.92. The van der Waals surface area contributed by atoms with E-state index in [-0.39, 0.29) is 5.82 Å². The summed E-state index contributed by atoms with van der Waals surface area (Å²) in [6.07, 6.45) is 0.900. The largest absolute Gasteiger partial charge is 0.207 e. The molecule has 0 N–H and O–H groups in total. The smallest absolute Gasteiger partial charge is 0.123 e. The fraction of sp³-hybridized carbons (Fsp3) is 0.455. The molecule has 0 amide bonds. The molecule has 0 spiro atoms. The first-order valence-electron chi connectivity index (χ1n) is 4.43. The highest BCUT2D eigenvalue weighted by Crippen LogP contribution is 2.17. The van der Waals surface area contributed by atoms with E-state index in [2.05, 4.69) is 19.9 Å². The zero-order valence-corrected chi connectivity index (χ0v) is 7.89. The minimum atomic E-state index is -0.113. The first-order chi connectivity index (χ1) is 5.63. The van der Waals surface area contributed by atoms with E-state index in [9.17, 15) is 4.39 Å². The highest BCUT2D eigenvalue weighted by molar-refractivity contribution is 5.26. The summed E-state index contributed by atoms with van der Waals surface area (Å²) >= 11 is 0. The van der Waals surface area contributed by atoms with Gasteiger partial charge in [0, 0.05) is 0 Å². The SMILES string of the molecule is CCc1cc(F)cc(C(C)C)c1. The molecule has 1 aromatic rings. The third kappa shape index (κ3) is 2.07. The standard InChI is InChI=1S/C11H15F/c1-4-9-5-10(8(2)3)7-11(12)6-9/h5-8H,4H2,1-3H3. The molecule has 0 heterocycles. The minimum Gasteiger partial charge on any atom is -0.207 e. The molecule has 0 nitrogen and oxygen atoms in total. The van der Waals surface area contributed by atoms with Gasteiger partial charge in [0.15, 0.2) is 0 Å². The molecule has 66 valence electrons. The summed E-state index contributed by atoms with van der Waals surface area (Å²) in [5, 5.41) is 0. The van der Waals surface area contributed by atoms with Crippen LogP contribution in [0.5, 0.6) is 0 Å². The molecule has 0 unspecified atom stereocenters. The lowest BCUT2D eigenvalue weighted by Gasteiger charge is -2.07. The van der Waals surface area contributed by atoms with Crippen LogP contribution in [0.4, 0.5) is 4.39 Å². The number of hydrogen-bond donors (Lipinski definition) is 0. The highest BCUT2D eigenvalue weighted by atomic mass is 19.1. The molecule has 1 aromatic carbocycles. The first kappa shape index (κ1) is 9.24. The van der Waals surface area contributed by atoms with E-state index in [1.165, 1.54) is 0 Å². The van der Waals surface area contributed by atoms with Gasteiger partial charge in [0.25, 0.3) is 0 Å². The maximum atomic E-state index is 13.0. The summed E-state index contributed by atoms with van der Waals surface area (Å²) < 4.78 is 13.0. The van der Waals surface area contributed by atoms with Gasteiger partial charge in [-0.3, -0.25) is 0 Å². The van der Waals surface area contributed by atoms with Crippen molar-refractivity contribution in [3.63, 3.8) is 0 Å². The van der Waals surface area contributed by atoms with Crippen molar-refractivity contribution in [3.05, 3.63) is 35.1 Å². The van der Waals surface area contributed by atoms with Gasteiger partial charge in [0.1, 0.15) is 5.82 Å². The van der Waals surface area contributed by atoms with E-state index in [0.29, 0.717) is 5.92 Å². The van der Waals surface area contributed by atoms with Crippen LogP contribution in [0.2, 0.25) is 0 Å². The second-order valence-corrected chi connectivity index (χ2v) is 3.40. The molecular weight excluding hydrogens is 151 g/mol. The Hall–Kier alpha value is -0.850. The van der Waals surface area contributed by atoms with E-state index >= 15 is 0 Å². The second-order valence-electron chi connectivity index (χ2n) is 3.40. The molecule has 0 atom stereocenters. The Kier molecular flexibility index (Phi) is 2.85. The van der Waals surface area contributed by atoms with E-state index in [0.717, 1.165) is 17.5 Å². The molecule has 0 aliphatic heterocycles. The Balaban J connectivity index is 3.06. The normalized spacial score (nSPS) is 10.8. The first-order valence-corrected chi connectivity index (χ1v) is 4.43. The molecule has 1 heteroatoms. The van der Waals surface area contributed by atoms with Crippen molar-refractivity contribution in [2.24, 2.45) is 0 Å². The van der Waals surface area contributed by atoms with Crippen LogP contribution in [0.15, 0.2) is 18.2 Å². The van der Waals surface area contributed by atoms with Gasteiger partial charge in [0.05, 0.1) is 0 Å². The quantitative estimate of drug-likeness (QED) is 0.630. The molecule has 0 aliphatic rings. The van der Waals surface area contributed by atoms with Crippen molar-refractivity contribution in [1.82, 2.24) is 0 Å². The average molecular weight is 166 g/mol. The fourth-order valence-electron chi connectivity index (χ4n) is 1.21. The molecule has 0 saturated carbocycles. The number of benzene rings is 1. The maximum Gasteiger partial charge on any atom is 0.123 e. The zero-order chi connectivity index (χ0) is 9.14. The molecule has 0 radical (unpaired) electrons. The highest BCUT2D eigenvalue weighted by Gasteiger charge is 2.02. The predicted molar refractivity (Wildman–Crippen MR) is 49.9 cm³/mol. The predicted octanol–water partition coefficient (Wildman–Crippen LogP) is 3.51. The lowest BCUT2D eigenvalue weighted by molar-refractivity contribution is 0.621. The lowest BCUT2D eigenvalue weighted by atomic mass is 10.00. The van der Waals surface area contributed by atoms with Crippen LogP contribution in [0.3, 0.4) is 0 Å². The minimum absolute atomic E-state index is 0.113. The van der Waals surface area contributed by atoms with Crippen molar-refractivity contribution in [1.29, 1.82) is 0 Å². The van der Waals surface area contributed by atoms with E-state index in [4.69, 9.17) is 0 Å².